The molecule has 0 spiro atoms. The van der Waals surface area contributed by atoms with Crippen LogP contribution in [0, 0.1) is 0 Å². The number of para-hydroxylation sites is 1. The fourth-order valence-electron chi connectivity index (χ4n) is 1.89. The van der Waals surface area contributed by atoms with Gasteiger partial charge in [0.05, 0.1) is 12.1 Å². The number of nitrogens with one attached hydrogen (secondary N) is 1. The summed E-state index contributed by atoms with van der Waals surface area (Å²) in [5.74, 6) is -0.163. The zero-order valence-electron chi connectivity index (χ0n) is 17.8. The summed E-state index contributed by atoms with van der Waals surface area (Å²) in [5, 5.41) is 35.4. The first-order chi connectivity index (χ1) is 12.0. The Hall–Kier alpha value is 1.03. The van der Waals surface area contributed by atoms with E-state index in [1.54, 1.807) is 0 Å². The number of carbonyl (C=O) groups excluding carboxylic acids is 1. The van der Waals surface area contributed by atoms with E-state index < -0.39 is 7.32 Å². The van der Waals surface area contributed by atoms with Gasteiger partial charge in [0.15, 0.2) is 0 Å². The largest absolute Gasteiger partial charge is 1.00 e. The van der Waals surface area contributed by atoms with E-state index in [2.05, 4.69) is 22.3 Å². The van der Waals surface area contributed by atoms with Crippen molar-refractivity contribution >= 4 is 24.3 Å². The van der Waals surface area contributed by atoms with Crippen LogP contribution in [0.2, 0.25) is 0 Å². The zero-order chi connectivity index (χ0) is 18.9. The van der Waals surface area contributed by atoms with Crippen molar-refractivity contribution in [1.29, 1.82) is 0 Å². The van der Waals surface area contributed by atoms with E-state index in [0.29, 0.717) is 6.61 Å². The Morgan fingerprint density at radius 2 is 1.57 bits per heavy atom. The Bertz CT molecular complexity index is 546. The first-order valence-corrected chi connectivity index (χ1v) is 8.34. The molecule has 0 aliphatic rings. The molecule has 1 N–H and O–H groups in total. The van der Waals surface area contributed by atoms with Gasteiger partial charge in [-0.15, -0.1) is 5.10 Å². The van der Waals surface area contributed by atoms with Crippen molar-refractivity contribution in [2.75, 3.05) is 6.61 Å². The van der Waals surface area contributed by atoms with Crippen LogP contribution >= 0.6 is 0 Å². The number of unbranched alkanes of at least 4 members (excludes halogenated alkanes) is 5. The Morgan fingerprint density at radius 1 is 1.04 bits per heavy atom. The van der Waals surface area contributed by atoms with Crippen LogP contribution in [0.1, 0.15) is 52.4 Å². The molecule has 2 rings (SSSR count). The number of ether oxygens (including phenoxy) is 1. The predicted molar refractivity (Wildman–Crippen MR) is 89.7 cm³/mol. The van der Waals surface area contributed by atoms with Gasteiger partial charge in [0.1, 0.15) is 5.52 Å². The number of hydrogen-bond donors (Lipinski definition) is 1. The molecule has 0 atom stereocenters. The Morgan fingerprint density at radius 3 is 2.11 bits per heavy atom. The van der Waals surface area contributed by atoms with Gasteiger partial charge in [-0.05, 0) is 18.6 Å². The zero-order valence-corrected chi connectivity index (χ0v) is 23.8. The second-order valence-corrected chi connectivity index (χ2v) is 5.23. The molecule has 0 saturated carbocycles. The van der Waals surface area contributed by atoms with E-state index in [0.717, 1.165) is 17.5 Å². The molecule has 28 heavy (non-hydrogen) atoms. The Kier molecular flexibility index (Phi) is 33.9. The maximum atomic E-state index is 10.4. The monoisotopic (exact) mass is 419 g/mol. The molecule has 0 saturated heterocycles. The first kappa shape index (κ1) is 36.4. The fraction of sp³-hybridized carbons (Fsp3) is 0.562. The standard InChI is InChI=1S/C10H20O2.C6H5N3.BO3.3Na/c1-3-4-5-6-7-8-9-12-10(2)11;1-2-4-6-5(3-1)7-9-8-6;2-1(3)4;;;/h3-9H2,1-2H3;1-4H,(H,7,8,9);;;;/q;;-3;3*+1. The van der Waals surface area contributed by atoms with Gasteiger partial charge < -0.3 is 19.8 Å². The molecule has 0 aliphatic carbocycles. The molecule has 140 valence electrons. The van der Waals surface area contributed by atoms with Crippen LogP contribution in [-0.2, 0) is 9.53 Å². The first-order valence-electron chi connectivity index (χ1n) is 8.34. The summed E-state index contributed by atoms with van der Waals surface area (Å²) in [6.45, 7) is 4.26. The van der Waals surface area contributed by atoms with Crippen molar-refractivity contribution in [2.24, 2.45) is 0 Å². The van der Waals surface area contributed by atoms with E-state index in [9.17, 15) is 4.79 Å². The molecular formula is C16H25BN3Na3O5. The van der Waals surface area contributed by atoms with Gasteiger partial charge in [-0.25, -0.2) is 0 Å². The number of hydrogen-bond acceptors (Lipinski definition) is 7. The molecule has 2 aromatic rings. The molecule has 0 fully saturated rings. The van der Waals surface area contributed by atoms with Gasteiger partial charge in [0, 0.05) is 6.92 Å². The van der Waals surface area contributed by atoms with Gasteiger partial charge in [0.2, 0.25) is 0 Å². The minimum Gasteiger partial charge on any atom is -0.907 e. The van der Waals surface area contributed by atoms with Crippen LogP contribution in [-0.4, -0.2) is 35.3 Å². The summed E-state index contributed by atoms with van der Waals surface area (Å²) in [5.41, 5.74) is 1.90. The van der Waals surface area contributed by atoms with E-state index in [1.165, 1.54) is 39.0 Å². The van der Waals surface area contributed by atoms with Gasteiger partial charge in [-0.3, -0.25) is 17.2 Å². The SMILES string of the molecule is CCCCCCCCOC(C)=O.[Na+].[Na+].[Na+].[O-]B([O-])[O-].c1ccc2[nH]nnc2c1. The average Bonchev–Trinajstić information content (AvgIpc) is 3.02. The van der Waals surface area contributed by atoms with Gasteiger partial charge in [-0.1, -0.05) is 56.4 Å². The molecule has 0 aliphatic heterocycles. The van der Waals surface area contributed by atoms with Crippen molar-refractivity contribution in [2.45, 2.75) is 52.4 Å². The summed E-state index contributed by atoms with van der Waals surface area (Å²) in [6.07, 6.45) is 7.40. The number of nitrogens with zero attached hydrogens (tertiary/aromatic N) is 2. The smallest absolute Gasteiger partial charge is 0.907 e. The molecule has 0 unspecified atom stereocenters. The molecule has 1 aromatic carbocycles. The van der Waals surface area contributed by atoms with Crippen molar-refractivity contribution in [1.82, 2.24) is 15.4 Å². The van der Waals surface area contributed by atoms with Crippen LogP contribution in [0.15, 0.2) is 24.3 Å². The molecule has 1 aromatic heterocycles. The second-order valence-electron chi connectivity index (χ2n) is 5.23. The van der Waals surface area contributed by atoms with Crippen molar-refractivity contribution < 1.29 is 113 Å². The van der Waals surface area contributed by atoms with E-state index in [1.807, 2.05) is 24.3 Å². The molecule has 8 nitrogen and oxygen atoms in total. The summed E-state index contributed by atoms with van der Waals surface area (Å²) in [6, 6.07) is 7.74. The predicted octanol–water partition coefficient (Wildman–Crippen LogP) is -9.07. The number of carbonyl (C=O) groups is 1. The number of rotatable bonds is 7. The van der Waals surface area contributed by atoms with E-state index >= 15 is 0 Å². The number of esters is 1. The number of H-pyrrole nitrogens is 1. The van der Waals surface area contributed by atoms with Crippen LogP contribution in [0.25, 0.3) is 11.0 Å². The number of fused-ring (bicyclic) bond motifs is 1. The number of aromatic nitrogens is 3. The van der Waals surface area contributed by atoms with Crippen molar-refractivity contribution in [3.05, 3.63) is 24.3 Å². The van der Waals surface area contributed by atoms with Crippen LogP contribution in [0.4, 0.5) is 0 Å². The van der Waals surface area contributed by atoms with Gasteiger partial charge >= 0.3 is 94.6 Å². The van der Waals surface area contributed by atoms with Crippen molar-refractivity contribution in [3.8, 4) is 0 Å². The third kappa shape index (κ3) is 25.1. The third-order valence-corrected chi connectivity index (χ3v) is 3.04. The Balaban J connectivity index is -0.000000161. The normalized spacial score (nSPS) is 8.46. The number of aromatic amines is 1. The van der Waals surface area contributed by atoms with Crippen LogP contribution in [0.5, 0.6) is 0 Å². The topological polar surface area (TPSA) is 137 Å². The molecule has 0 radical (unpaired) electrons. The molecule has 0 amide bonds. The third-order valence-electron chi connectivity index (χ3n) is 3.04. The molecule has 1 heterocycles. The Labute approximate surface area is 233 Å². The molecule has 0 bridgehead atoms. The quantitative estimate of drug-likeness (QED) is 0.267. The summed E-state index contributed by atoms with van der Waals surface area (Å²) in [7, 11) is -2.92. The molecular weight excluding hydrogens is 394 g/mol. The summed E-state index contributed by atoms with van der Waals surface area (Å²) < 4.78 is 4.81. The minimum atomic E-state index is -2.92. The minimum absolute atomic E-state index is 0. The maximum Gasteiger partial charge on any atom is 1.00 e. The van der Waals surface area contributed by atoms with Crippen LogP contribution < -0.4 is 104 Å². The van der Waals surface area contributed by atoms with Crippen LogP contribution in [0.3, 0.4) is 0 Å². The summed E-state index contributed by atoms with van der Waals surface area (Å²) >= 11 is 0. The second kappa shape index (κ2) is 26.1. The van der Waals surface area contributed by atoms with Crippen molar-refractivity contribution in [3.63, 3.8) is 0 Å². The maximum absolute atomic E-state index is 10.4. The number of benzene rings is 1. The molecule has 12 heteroatoms. The van der Waals surface area contributed by atoms with Gasteiger partial charge in [0.25, 0.3) is 0 Å². The van der Waals surface area contributed by atoms with E-state index in [-0.39, 0.29) is 94.6 Å². The van der Waals surface area contributed by atoms with E-state index in [4.69, 9.17) is 19.8 Å². The average molecular weight is 419 g/mol. The fourth-order valence-corrected chi connectivity index (χ4v) is 1.89. The van der Waals surface area contributed by atoms with Gasteiger partial charge in [-0.2, -0.15) is 0 Å². The summed E-state index contributed by atoms with van der Waals surface area (Å²) in [4.78, 5) is 10.4.